The van der Waals surface area contributed by atoms with Crippen LogP contribution in [0.3, 0.4) is 0 Å². The van der Waals surface area contributed by atoms with Crippen LogP contribution in [0, 0.1) is 0 Å². The highest BCUT2D eigenvalue weighted by atomic mass is 32.2. The van der Waals surface area contributed by atoms with Crippen LogP contribution in [-0.4, -0.2) is 47.5 Å². The molecule has 1 rings (SSSR count). The molecule has 5 N–H and O–H groups in total. The van der Waals surface area contributed by atoms with Gasteiger partial charge in [0.1, 0.15) is 0 Å². The van der Waals surface area contributed by atoms with E-state index in [0.717, 1.165) is 4.31 Å². The molecular formula is C11H20N4O4S2. The van der Waals surface area contributed by atoms with Crippen molar-refractivity contribution < 1.29 is 16.8 Å². The molecule has 8 nitrogen and oxygen atoms in total. The van der Waals surface area contributed by atoms with E-state index in [0.29, 0.717) is 18.7 Å². The van der Waals surface area contributed by atoms with Gasteiger partial charge in [0.15, 0.2) is 0 Å². The molecule has 1 aromatic rings. The predicted octanol–water partition coefficient (Wildman–Crippen LogP) is -0.390. The highest BCUT2D eigenvalue weighted by molar-refractivity contribution is 7.89. The predicted molar refractivity (Wildman–Crippen MR) is 82.8 cm³/mol. The molecule has 0 fully saturated rings. The average Bonchev–Trinajstić information content (AvgIpc) is 2.34. The van der Waals surface area contributed by atoms with Crippen molar-refractivity contribution in [1.29, 1.82) is 0 Å². The normalized spacial score (nSPS) is 12.6. The first-order valence-electron chi connectivity index (χ1n) is 6.10. The van der Waals surface area contributed by atoms with Gasteiger partial charge < -0.3 is 11.1 Å². The lowest BCUT2D eigenvalue weighted by Gasteiger charge is -2.14. The molecular weight excluding hydrogens is 316 g/mol. The second kappa shape index (κ2) is 6.60. The summed E-state index contributed by atoms with van der Waals surface area (Å²) in [5.41, 5.74) is 6.61. The van der Waals surface area contributed by atoms with E-state index in [9.17, 15) is 16.8 Å². The number of nitrogens with two attached hydrogens (primary N) is 2. The topological polar surface area (TPSA) is 136 Å². The fraction of sp³-hybridized carbons (Fsp3) is 0.455. The largest absolute Gasteiger partial charge is 0.397 e. The SMILES string of the molecule is CN(C)S(=O)(=O)c1ccc(NCCCS(N)(=O)=O)c(N)c1. The van der Waals surface area contributed by atoms with Gasteiger partial charge in [-0.2, -0.15) is 0 Å². The molecule has 0 saturated carbocycles. The lowest BCUT2D eigenvalue weighted by atomic mass is 10.2. The van der Waals surface area contributed by atoms with Crippen molar-refractivity contribution in [1.82, 2.24) is 4.31 Å². The van der Waals surface area contributed by atoms with Gasteiger partial charge in [-0.3, -0.25) is 0 Å². The summed E-state index contributed by atoms with van der Waals surface area (Å²) in [6.45, 7) is 0.362. The fourth-order valence-corrected chi connectivity index (χ4v) is 3.05. The first kappa shape index (κ1) is 17.7. The molecule has 10 heteroatoms. The van der Waals surface area contributed by atoms with Crippen LogP contribution < -0.4 is 16.2 Å². The molecule has 0 atom stereocenters. The minimum Gasteiger partial charge on any atom is -0.397 e. The van der Waals surface area contributed by atoms with Crippen LogP contribution in [0.1, 0.15) is 6.42 Å². The molecule has 0 radical (unpaired) electrons. The minimum absolute atomic E-state index is 0.0973. The highest BCUT2D eigenvalue weighted by Crippen LogP contribution is 2.23. The second-order valence-corrected chi connectivity index (χ2v) is 8.57. The van der Waals surface area contributed by atoms with Gasteiger partial charge in [0.05, 0.1) is 22.0 Å². The van der Waals surface area contributed by atoms with E-state index in [1.807, 2.05) is 0 Å². The Morgan fingerprint density at radius 2 is 1.81 bits per heavy atom. The van der Waals surface area contributed by atoms with Crippen LogP contribution in [0.25, 0.3) is 0 Å². The summed E-state index contributed by atoms with van der Waals surface area (Å²) in [6.07, 6.45) is 0.329. The number of hydrogen-bond donors (Lipinski definition) is 3. The molecule has 0 aromatic heterocycles. The molecule has 1 aromatic carbocycles. The third-order valence-electron chi connectivity index (χ3n) is 2.72. The zero-order valence-electron chi connectivity index (χ0n) is 11.9. The summed E-state index contributed by atoms with van der Waals surface area (Å²) < 4.78 is 46.5. The third kappa shape index (κ3) is 5.16. The Morgan fingerprint density at radius 1 is 1.19 bits per heavy atom. The zero-order valence-corrected chi connectivity index (χ0v) is 13.5. The van der Waals surface area contributed by atoms with Crippen LogP contribution in [0.4, 0.5) is 11.4 Å². The van der Waals surface area contributed by atoms with E-state index in [1.54, 1.807) is 6.07 Å². The summed E-state index contributed by atoms with van der Waals surface area (Å²) in [4.78, 5) is 0.0973. The number of hydrogen-bond acceptors (Lipinski definition) is 6. The number of sulfonamides is 2. The number of anilines is 2. The van der Waals surface area contributed by atoms with Crippen molar-refractivity contribution in [3.8, 4) is 0 Å². The van der Waals surface area contributed by atoms with Crippen LogP contribution in [0.2, 0.25) is 0 Å². The maximum absolute atomic E-state index is 11.9. The van der Waals surface area contributed by atoms with Gasteiger partial charge in [0, 0.05) is 20.6 Å². The number of nitrogens with one attached hydrogen (secondary N) is 1. The molecule has 0 spiro atoms. The molecule has 0 amide bonds. The van der Waals surface area contributed by atoms with Gasteiger partial charge in [-0.1, -0.05) is 0 Å². The van der Waals surface area contributed by atoms with Crippen LogP contribution in [0.15, 0.2) is 23.1 Å². The van der Waals surface area contributed by atoms with Crippen molar-refractivity contribution in [3.63, 3.8) is 0 Å². The second-order valence-electron chi connectivity index (χ2n) is 4.68. The van der Waals surface area contributed by atoms with E-state index in [1.165, 1.54) is 26.2 Å². The average molecular weight is 336 g/mol. The number of nitrogens with zero attached hydrogens (tertiary/aromatic N) is 1. The molecule has 0 saturated heterocycles. The first-order chi connectivity index (χ1) is 9.54. The van der Waals surface area contributed by atoms with Crippen LogP contribution in [0.5, 0.6) is 0 Å². The number of primary sulfonamides is 1. The molecule has 0 aliphatic rings. The number of nitrogen functional groups attached to an aromatic ring is 1. The van der Waals surface area contributed by atoms with Gasteiger partial charge in [-0.05, 0) is 24.6 Å². The molecule has 120 valence electrons. The lowest BCUT2D eigenvalue weighted by molar-refractivity contribution is 0.521. The van der Waals surface area contributed by atoms with Crippen LogP contribution in [-0.2, 0) is 20.0 Å². The van der Waals surface area contributed by atoms with Crippen molar-refractivity contribution in [2.24, 2.45) is 5.14 Å². The third-order valence-corrected chi connectivity index (χ3v) is 5.39. The van der Waals surface area contributed by atoms with E-state index in [-0.39, 0.29) is 16.3 Å². The van der Waals surface area contributed by atoms with Gasteiger partial charge in [0.2, 0.25) is 20.0 Å². The van der Waals surface area contributed by atoms with Crippen molar-refractivity contribution in [2.75, 3.05) is 37.4 Å². The summed E-state index contributed by atoms with van der Waals surface area (Å²) in [5, 5.41) is 7.83. The number of benzene rings is 1. The molecule has 21 heavy (non-hydrogen) atoms. The molecule has 0 aliphatic carbocycles. The summed E-state index contributed by atoms with van der Waals surface area (Å²) in [6, 6.07) is 4.34. The zero-order chi connectivity index (χ0) is 16.3. The van der Waals surface area contributed by atoms with Crippen molar-refractivity contribution in [2.45, 2.75) is 11.3 Å². The van der Waals surface area contributed by atoms with Gasteiger partial charge in [-0.25, -0.2) is 26.3 Å². The van der Waals surface area contributed by atoms with Crippen molar-refractivity contribution >= 4 is 31.4 Å². The van der Waals surface area contributed by atoms with Crippen molar-refractivity contribution in [3.05, 3.63) is 18.2 Å². The van der Waals surface area contributed by atoms with Gasteiger partial charge >= 0.3 is 0 Å². The quantitative estimate of drug-likeness (QED) is 0.458. The van der Waals surface area contributed by atoms with E-state index in [2.05, 4.69) is 5.32 Å². The Labute approximate surface area is 125 Å². The molecule has 0 unspecified atom stereocenters. The maximum atomic E-state index is 11.9. The summed E-state index contributed by atoms with van der Waals surface area (Å²) in [7, 11) is -4.14. The molecule has 0 bridgehead atoms. The standard InChI is InChI=1S/C11H20N4O4S2/c1-15(2)21(18,19)9-4-5-11(10(12)8-9)14-6-3-7-20(13,16)17/h4-5,8,14H,3,6-7,12H2,1-2H3,(H2,13,16,17). The van der Waals surface area contributed by atoms with Gasteiger partial charge in [-0.15, -0.1) is 0 Å². The smallest absolute Gasteiger partial charge is 0.242 e. The minimum atomic E-state index is -3.53. The Balaban J connectivity index is 2.76. The Hall–Kier alpha value is -1.36. The molecule has 0 heterocycles. The summed E-state index contributed by atoms with van der Waals surface area (Å²) >= 11 is 0. The van der Waals surface area contributed by atoms with E-state index >= 15 is 0 Å². The van der Waals surface area contributed by atoms with E-state index in [4.69, 9.17) is 10.9 Å². The highest BCUT2D eigenvalue weighted by Gasteiger charge is 2.18. The molecule has 0 aliphatic heterocycles. The monoisotopic (exact) mass is 336 g/mol. The Kier molecular flexibility index (Phi) is 5.56. The van der Waals surface area contributed by atoms with Gasteiger partial charge in [0.25, 0.3) is 0 Å². The number of rotatable bonds is 7. The Bertz CT molecular complexity index is 699. The van der Waals surface area contributed by atoms with Crippen LogP contribution >= 0.6 is 0 Å². The van der Waals surface area contributed by atoms with E-state index < -0.39 is 20.0 Å². The first-order valence-corrected chi connectivity index (χ1v) is 9.26. The maximum Gasteiger partial charge on any atom is 0.242 e. The fourth-order valence-electron chi connectivity index (χ4n) is 1.57. The Morgan fingerprint density at radius 3 is 2.29 bits per heavy atom. The lowest BCUT2D eigenvalue weighted by Crippen LogP contribution is -2.22. The summed E-state index contributed by atoms with van der Waals surface area (Å²) in [5.74, 6) is -0.132.